The van der Waals surface area contributed by atoms with E-state index in [0.29, 0.717) is 19.3 Å². The Labute approximate surface area is 146 Å². The van der Waals surface area contributed by atoms with Crippen molar-refractivity contribution in [3.05, 3.63) is 33.3 Å². The van der Waals surface area contributed by atoms with Gasteiger partial charge in [0.25, 0.3) is 0 Å². The van der Waals surface area contributed by atoms with E-state index in [-0.39, 0.29) is 18.2 Å². The summed E-state index contributed by atoms with van der Waals surface area (Å²) in [5, 5.41) is 3.24. The number of halogens is 1. The number of benzene rings is 1. The van der Waals surface area contributed by atoms with Crippen molar-refractivity contribution in [2.75, 3.05) is 20.2 Å². The minimum atomic E-state index is -0.658. The maximum atomic E-state index is 12.7. The minimum Gasteiger partial charge on any atom is -0.469 e. The second-order valence-corrected chi connectivity index (χ2v) is 7.35. The van der Waals surface area contributed by atoms with E-state index in [4.69, 9.17) is 4.74 Å². The van der Waals surface area contributed by atoms with Crippen LogP contribution in [-0.2, 0) is 20.7 Å². The van der Waals surface area contributed by atoms with Crippen molar-refractivity contribution < 1.29 is 14.3 Å². The molecule has 0 amide bonds. The molecule has 1 aromatic rings. The summed E-state index contributed by atoms with van der Waals surface area (Å²) in [5.41, 5.74) is 2.60. The molecule has 23 heavy (non-hydrogen) atoms. The summed E-state index contributed by atoms with van der Waals surface area (Å²) in [4.78, 5) is 24.9. The molecule has 1 aromatic carbocycles. The van der Waals surface area contributed by atoms with Crippen molar-refractivity contribution in [3.63, 3.8) is 0 Å². The number of nitrogens with one attached hydrogen (secondary N) is 1. The van der Waals surface area contributed by atoms with Crippen molar-refractivity contribution in [1.29, 1.82) is 0 Å². The highest BCUT2D eigenvalue weighted by Crippen LogP contribution is 2.35. The molecule has 4 nitrogen and oxygen atoms in total. The first kappa shape index (κ1) is 18.1. The van der Waals surface area contributed by atoms with Crippen molar-refractivity contribution in [3.8, 4) is 0 Å². The molecule has 5 heteroatoms. The summed E-state index contributed by atoms with van der Waals surface area (Å²) in [6, 6.07) is 4.05. The van der Waals surface area contributed by atoms with Crippen LogP contribution in [0.15, 0.2) is 16.6 Å². The van der Waals surface area contributed by atoms with E-state index >= 15 is 0 Å². The monoisotopic (exact) mass is 381 g/mol. The predicted molar refractivity (Wildman–Crippen MR) is 93.5 cm³/mol. The molecular formula is C18H24BrNO3. The molecule has 2 rings (SSSR count). The molecule has 0 spiro atoms. The fourth-order valence-electron chi connectivity index (χ4n) is 3.43. The zero-order chi connectivity index (χ0) is 17.0. The Morgan fingerprint density at radius 1 is 1.22 bits per heavy atom. The van der Waals surface area contributed by atoms with Crippen LogP contribution >= 0.6 is 15.9 Å². The predicted octanol–water partition coefficient (Wildman–Crippen LogP) is 3.11. The van der Waals surface area contributed by atoms with E-state index in [1.165, 1.54) is 7.11 Å². The Morgan fingerprint density at radius 3 is 2.30 bits per heavy atom. The first-order chi connectivity index (χ1) is 10.9. The van der Waals surface area contributed by atoms with Gasteiger partial charge in [0.05, 0.1) is 12.5 Å². The normalized spacial score (nSPS) is 16.9. The number of Topliss-reactive ketones (excluding diaryl/α,β-unsaturated/α-hetero) is 1. The van der Waals surface area contributed by atoms with Crippen LogP contribution in [0.25, 0.3) is 0 Å². The van der Waals surface area contributed by atoms with Crippen LogP contribution in [0.5, 0.6) is 0 Å². The van der Waals surface area contributed by atoms with Gasteiger partial charge < -0.3 is 10.1 Å². The number of carbonyl (C=O) groups excluding carboxylic acids is 2. The highest BCUT2D eigenvalue weighted by molar-refractivity contribution is 9.10. The molecule has 1 aliphatic rings. The Balaban J connectivity index is 2.15. The van der Waals surface area contributed by atoms with Crippen LogP contribution < -0.4 is 5.32 Å². The number of hydrogen-bond acceptors (Lipinski definition) is 4. The number of aryl methyl sites for hydroxylation is 2. The van der Waals surface area contributed by atoms with Gasteiger partial charge in [-0.15, -0.1) is 0 Å². The lowest BCUT2D eigenvalue weighted by molar-refractivity contribution is -0.156. The third-order valence-electron chi connectivity index (χ3n) is 4.75. The van der Waals surface area contributed by atoms with Crippen molar-refractivity contribution in [2.45, 2.75) is 39.5 Å². The summed E-state index contributed by atoms with van der Waals surface area (Å²) >= 11 is 3.48. The zero-order valence-corrected chi connectivity index (χ0v) is 15.6. The van der Waals surface area contributed by atoms with E-state index in [2.05, 4.69) is 21.2 Å². The van der Waals surface area contributed by atoms with E-state index in [9.17, 15) is 9.59 Å². The molecule has 126 valence electrons. The lowest BCUT2D eigenvalue weighted by Gasteiger charge is -2.34. The smallest absolute Gasteiger partial charge is 0.312 e. The lowest BCUT2D eigenvalue weighted by atomic mass is 9.74. The first-order valence-corrected chi connectivity index (χ1v) is 8.74. The lowest BCUT2D eigenvalue weighted by Crippen LogP contribution is -2.44. The standard InChI is InChI=1S/C18H24BrNO3/c1-12-8-14(19)9-13(2)16(12)10-15(21)11-18(17(22)23-3)4-6-20-7-5-18/h8-9,20H,4-7,10-11H2,1-3H3. The van der Waals surface area contributed by atoms with Crippen molar-refractivity contribution >= 4 is 27.7 Å². The molecule has 1 heterocycles. The average molecular weight is 382 g/mol. The summed E-state index contributed by atoms with van der Waals surface area (Å²) in [7, 11) is 1.40. The Kier molecular flexibility index (Phi) is 5.98. The summed E-state index contributed by atoms with van der Waals surface area (Å²) in [6.45, 7) is 5.53. The van der Waals surface area contributed by atoms with Gasteiger partial charge in [0.15, 0.2) is 0 Å². The molecule has 0 radical (unpaired) electrons. The molecule has 0 saturated carbocycles. The van der Waals surface area contributed by atoms with Crippen LogP contribution in [0, 0.1) is 19.3 Å². The molecule has 0 aliphatic carbocycles. The highest BCUT2D eigenvalue weighted by Gasteiger charge is 2.42. The summed E-state index contributed by atoms with van der Waals surface area (Å²) < 4.78 is 6.00. The van der Waals surface area contributed by atoms with Gasteiger partial charge in [0, 0.05) is 17.3 Å². The fraction of sp³-hybridized carbons (Fsp3) is 0.556. The average Bonchev–Trinajstić information content (AvgIpc) is 2.51. The number of ether oxygens (including phenoxy) is 1. The van der Waals surface area contributed by atoms with Gasteiger partial charge in [-0.1, -0.05) is 15.9 Å². The van der Waals surface area contributed by atoms with E-state index in [1.54, 1.807) is 0 Å². The topological polar surface area (TPSA) is 55.4 Å². The maximum Gasteiger partial charge on any atom is 0.312 e. The molecule has 0 bridgehead atoms. The minimum absolute atomic E-state index is 0.103. The fourth-order valence-corrected chi connectivity index (χ4v) is 4.12. The molecule has 1 saturated heterocycles. The first-order valence-electron chi connectivity index (χ1n) is 7.94. The number of hydrogen-bond donors (Lipinski definition) is 1. The Bertz CT molecular complexity index is 583. The number of methoxy groups -OCH3 is 1. The van der Waals surface area contributed by atoms with E-state index in [1.807, 2.05) is 26.0 Å². The van der Waals surface area contributed by atoms with Crippen molar-refractivity contribution in [1.82, 2.24) is 5.32 Å². The Hall–Kier alpha value is -1.20. The van der Waals surface area contributed by atoms with Crippen LogP contribution in [0.2, 0.25) is 0 Å². The zero-order valence-electron chi connectivity index (χ0n) is 14.0. The molecule has 0 atom stereocenters. The third-order valence-corrected chi connectivity index (χ3v) is 5.21. The van der Waals surface area contributed by atoms with Gasteiger partial charge in [0.1, 0.15) is 5.78 Å². The molecule has 1 aliphatic heterocycles. The van der Waals surface area contributed by atoms with Gasteiger partial charge in [-0.05, 0) is 68.6 Å². The second kappa shape index (κ2) is 7.58. The van der Waals surface area contributed by atoms with Gasteiger partial charge in [0.2, 0.25) is 0 Å². The van der Waals surface area contributed by atoms with Crippen LogP contribution in [0.1, 0.15) is 36.0 Å². The van der Waals surface area contributed by atoms with Gasteiger partial charge >= 0.3 is 5.97 Å². The van der Waals surface area contributed by atoms with Gasteiger partial charge in [-0.3, -0.25) is 9.59 Å². The van der Waals surface area contributed by atoms with Crippen LogP contribution in [-0.4, -0.2) is 32.0 Å². The summed E-state index contributed by atoms with van der Waals surface area (Å²) in [5.74, 6) is -0.151. The van der Waals surface area contributed by atoms with Crippen LogP contribution in [0.4, 0.5) is 0 Å². The van der Waals surface area contributed by atoms with Crippen LogP contribution in [0.3, 0.4) is 0 Å². The highest BCUT2D eigenvalue weighted by atomic mass is 79.9. The number of piperidine rings is 1. The van der Waals surface area contributed by atoms with Gasteiger partial charge in [-0.25, -0.2) is 0 Å². The molecule has 0 unspecified atom stereocenters. The molecular weight excluding hydrogens is 358 g/mol. The number of ketones is 1. The number of rotatable bonds is 5. The maximum absolute atomic E-state index is 12.7. The number of esters is 1. The third kappa shape index (κ3) is 4.21. The van der Waals surface area contributed by atoms with E-state index in [0.717, 1.165) is 34.3 Å². The largest absolute Gasteiger partial charge is 0.469 e. The second-order valence-electron chi connectivity index (χ2n) is 6.43. The Morgan fingerprint density at radius 2 is 1.78 bits per heavy atom. The van der Waals surface area contributed by atoms with E-state index < -0.39 is 5.41 Å². The quantitative estimate of drug-likeness (QED) is 0.796. The summed E-state index contributed by atoms with van der Waals surface area (Å²) in [6.07, 6.45) is 1.95. The molecule has 1 fully saturated rings. The van der Waals surface area contributed by atoms with Gasteiger partial charge in [-0.2, -0.15) is 0 Å². The SMILES string of the molecule is COC(=O)C1(CC(=O)Cc2c(C)cc(Br)cc2C)CCNCC1. The molecule has 1 N–H and O–H groups in total. The number of carbonyl (C=O) groups is 2. The van der Waals surface area contributed by atoms with Crippen molar-refractivity contribution in [2.24, 2.45) is 5.41 Å². The molecule has 0 aromatic heterocycles.